The molecule has 8 heteroatoms. The summed E-state index contributed by atoms with van der Waals surface area (Å²) in [5.74, 6) is 1.34. The maximum absolute atomic E-state index is 13.4. The highest BCUT2D eigenvalue weighted by molar-refractivity contribution is 6.42. The average Bonchev–Trinajstić information content (AvgIpc) is 2.76. The zero-order valence-electron chi connectivity index (χ0n) is 19.0. The van der Waals surface area contributed by atoms with Crippen LogP contribution in [0.25, 0.3) is 0 Å². The van der Waals surface area contributed by atoms with Gasteiger partial charge >= 0.3 is 6.03 Å². The average molecular weight is 476 g/mol. The highest BCUT2D eigenvalue weighted by Gasteiger charge is 2.38. The van der Waals surface area contributed by atoms with Crippen LogP contribution >= 0.6 is 23.2 Å². The van der Waals surface area contributed by atoms with Crippen LogP contribution in [0, 0.1) is 5.92 Å². The van der Waals surface area contributed by atoms with Crippen molar-refractivity contribution in [2.45, 2.75) is 51.6 Å². The van der Waals surface area contributed by atoms with E-state index in [1.807, 2.05) is 29.3 Å². The lowest BCUT2D eigenvalue weighted by Crippen LogP contribution is -2.56. The smallest absolute Gasteiger partial charge is 0.318 e. The first kappa shape index (κ1) is 23.3. The van der Waals surface area contributed by atoms with Crippen molar-refractivity contribution in [2.75, 3.05) is 26.7 Å². The summed E-state index contributed by atoms with van der Waals surface area (Å²) in [6.45, 7) is 7.28. The van der Waals surface area contributed by atoms with Gasteiger partial charge in [0.05, 0.1) is 27.8 Å². The van der Waals surface area contributed by atoms with Crippen molar-refractivity contribution in [3.63, 3.8) is 0 Å². The van der Waals surface area contributed by atoms with E-state index >= 15 is 0 Å². The van der Waals surface area contributed by atoms with Crippen molar-refractivity contribution in [1.29, 1.82) is 0 Å². The number of halogens is 2. The molecule has 4 rings (SSSR count). The number of amides is 2. The number of carbonyl (C=O) groups is 1. The lowest BCUT2D eigenvalue weighted by molar-refractivity contribution is 0.136. The van der Waals surface area contributed by atoms with E-state index < -0.39 is 5.54 Å². The molecule has 2 amide bonds. The van der Waals surface area contributed by atoms with Crippen LogP contribution in [0.3, 0.4) is 0 Å². The number of carbonyl (C=O) groups excluding carboxylic acids is 1. The first-order valence-corrected chi connectivity index (χ1v) is 12.1. The Morgan fingerprint density at radius 2 is 1.94 bits per heavy atom. The Hall–Kier alpha value is -1.89. The number of aromatic nitrogens is 2. The quantitative estimate of drug-likeness (QED) is 0.697. The van der Waals surface area contributed by atoms with Crippen LogP contribution < -0.4 is 5.32 Å². The number of rotatable bonds is 4. The lowest BCUT2D eigenvalue weighted by Gasteiger charge is -2.43. The van der Waals surface area contributed by atoms with E-state index in [1.54, 1.807) is 0 Å². The van der Waals surface area contributed by atoms with Gasteiger partial charge in [0.15, 0.2) is 0 Å². The second kappa shape index (κ2) is 9.54. The highest BCUT2D eigenvalue weighted by Crippen LogP contribution is 2.36. The molecule has 0 saturated carbocycles. The third-order valence-corrected chi connectivity index (χ3v) is 7.27. The van der Waals surface area contributed by atoms with E-state index in [9.17, 15) is 4.79 Å². The van der Waals surface area contributed by atoms with Crippen LogP contribution in [0.2, 0.25) is 10.0 Å². The van der Waals surface area contributed by atoms with Crippen molar-refractivity contribution >= 4 is 29.2 Å². The van der Waals surface area contributed by atoms with Crippen LogP contribution in [0.15, 0.2) is 24.4 Å². The highest BCUT2D eigenvalue weighted by atomic mass is 35.5. The SMILES string of the molecule is CC(C)Cc1ncc2c(n1)CN(C(=O)NC1(c3ccc(Cl)c(Cl)c3)CCN(C)CC1)CC2. The van der Waals surface area contributed by atoms with E-state index in [-0.39, 0.29) is 6.03 Å². The van der Waals surface area contributed by atoms with Gasteiger partial charge in [-0.2, -0.15) is 0 Å². The van der Waals surface area contributed by atoms with Crippen LogP contribution in [0.4, 0.5) is 4.79 Å². The fraction of sp³-hybridized carbons (Fsp3) is 0.542. The molecular weight excluding hydrogens is 445 g/mol. The van der Waals surface area contributed by atoms with Crippen molar-refractivity contribution in [3.8, 4) is 0 Å². The molecule has 1 saturated heterocycles. The largest absolute Gasteiger partial charge is 0.328 e. The molecule has 0 bridgehead atoms. The summed E-state index contributed by atoms with van der Waals surface area (Å²) >= 11 is 12.5. The molecule has 0 atom stereocenters. The molecule has 3 heterocycles. The van der Waals surface area contributed by atoms with Gasteiger partial charge in [0.25, 0.3) is 0 Å². The minimum atomic E-state index is -0.466. The molecule has 2 aliphatic heterocycles. The molecule has 0 radical (unpaired) electrons. The predicted octanol–water partition coefficient (Wildman–Crippen LogP) is 4.67. The molecule has 6 nitrogen and oxygen atoms in total. The Morgan fingerprint density at radius 1 is 1.19 bits per heavy atom. The molecule has 2 aromatic rings. The Balaban J connectivity index is 1.54. The summed E-state index contributed by atoms with van der Waals surface area (Å²) in [6, 6.07) is 5.63. The maximum Gasteiger partial charge on any atom is 0.318 e. The number of likely N-dealkylation sites (tertiary alicyclic amines) is 1. The second-order valence-electron chi connectivity index (χ2n) is 9.47. The molecule has 32 heavy (non-hydrogen) atoms. The van der Waals surface area contributed by atoms with Gasteiger partial charge in [-0.15, -0.1) is 0 Å². The topological polar surface area (TPSA) is 61.4 Å². The van der Waals surface area contributed by atoms with Crippen LogP contribution in [-0.4, -0.2) is 52.5 Å². The first-order valence-electron chi connectivity index (χ1n) is 11.3. The normalized spacial score (nSPS) is 18.5. The third kappa shape index (κ3) is 5.03. The molecule has 1 N–H and O–H groups in total. The minimum Gasteiger partial charge on any atom is -0.328 e. The van der Waals surface area contributed by atoms with Gasteiger partial charge in [0.2, 0.25) is 0 Å². The van der Waals surface area contributed by atoms with E-state index in [2.05, 4.69) is 36.1 Å². The molecule has 0 unspecified atom stereocenters. The fourth-order valence-electron chi connectivity index (χ4n) is 4.54. The summed E-state index contributed by atoms with van der Waals surface area (Å²) in [5, 5.41) is 4.41. The zero-order valence-corrected chi connectivity index (χ0v) is 20.5. The molecule has 1 aromatic carbocycles. The van der Waals surface area contributed by atoms with Gasteiger partial charge < -0.3 is 15.1 Å². The standard InChI is InChI=1S/C24H31Cl2N5O/c1-16(2)12-22-27-14-17-6-9-31(15-21(17)28-22)23(32)29-24(7-10-30(3)11-8-24)18-4-5-19(25)20(26)13-18/h4-5,13-14,16H,6-12,15H2,1-3H3,(H,29,32). The molecule has 0 spiro atoms. The monoisotopic (exact) mass is 475 g/mol. The molecule has 1 fully saturated rings. The Kier molecular flexibility index (Phi) is 6.94. The third-order valence-electron chi connectivity index (χ3n) is 6.53. The Morgan fingerprint density at radius 3 is 2.62 bits per heavy atom. The maximum atomic E-state index is 13.4. The van der Waals surface area contributed by atoms with Crippen LogP contribution in [-0.2, 0) is 24.9 Å². The van der Waals surface area contributed by atoms with E-state index in [0.29, 0.717) is 29.1 Å². The summed E-state index contributed by atoms with van der Waals surface area (Å²) < 4.78 is 0. The van der Waals surface area contributed by atoms with Crippen molar-refractivity contribution in [2.24, 2.45) is 5.92 Å². The second-order valence-corrected chi connectivity index (χ2v) is 10.3. The van der Waals surface area contributed by atoms with Crippen molar-refractivity contribution < 1.29 is 4.79 Å². The van der Waals surface area contributed by atoms with Crippen molar-refractivity contribution in [3.05, 3.63) is 57.1 Å². The van der Waals surface area contributed by atoms with Gasteiger partial charge in [-0.05, 0) is 55.5 Å². The van der Waals surface area contributed by atoms with Gasteiger partial charge in [-0.25, -0.2) is 14.8 Å². The molecule has 172 valence electrons. The zero-order chi connectivity index (χ0) is 22.9. The van der Waals surface area contributed by atoms with Gasteiger partial charge in [-0.3, -0.25) is 0 Å². The number of piperidine rings is 1. The number of nitrogens with one attached hydrogen (secondary N) is 1. The number of hydrogen-bond donors (Lipinski definition) is 1. The number of nitrogens with zero attached hydrogens (tertiary/aromatic N) is 4. The van der Waals surface area contributed by atoms with Gasteiger partial charge in [0, 0.05) is 32.3 Å². The first-order chi connectivity index (χ1) is 15.3. The molecule has 0 aliphatic carbocycles. The number of urea groups is 1. The molecule has 2 aliphatic rings. The fourth-order valence-corrected chi connectivity index (χ4v) is 4.84. The van der Waals surface area contributed by atoms with Crippen LogP contribution in [0.1, 0.15) is 49.3 Å². The molecular formula is C24H31Cl2N5O. The minimum absolute atomic E-state index is 0.0599. The van der Waals surface area contributed by atoms with Gasteiger partial charge in [0.1, 0.15) is 5.82 Å². The molecule has 1 aromatic heterocycles. The summed E-state index contributed by atoms with van der Waals surface area (Å²) in [7, 11) is 2.11. The van der Waals surface area contributed by atoms with E-state index in [4.69, 9.17) is 28.2 Å². The van der Waals surface area contributed by atoms with E-state index in [1.165, 1.54) is 0 Å². The van der Waals surface area contributed by atoms with Crippen LogP contribution in [0.5, 0.6) is 0 Å². The summed E-state index contributed by atoms with van der Waals surface area (Å²) in [4.78, 5) is 26.9. The Labute approximate surface area is 200 Å². The van der Waals surface area contributed by atoms with Crippen molar-refractivity contribution in [1.82, 2.24) is 25.1 Å². The summed E-state index contributed by atoms with van der Waals surface area (Å²) in [6.07, 6.45) is 5.18. The summed E-state index contributed by atoms with van der Waals surface area (Å²) in [5.41, 5.74) is 2.64. The number of hydrogen-bond acceptors (Lipinski definition) is 4. The number of fused-ring (bicyclic) bond motifs is 1. The lowest BCUT2D eigenvalue weighted by atomic mass is 9.81. The van der Waals surface area contributed by atoms with E-state index in [0.717, 1.165) is 61.4 Å². The van der Waals surface area contributed by atoms with Gasteiger partial charge in [-0.1, -0.05) is 43.1 Å². The Bertz CT molecular complexity index is 988. The number of benzene rings is 1. The predicted molar refractivity (Wildman–Crippen MR) is 128 cm³/mol.